The molecule has 1 spiro atoms. The lowest BCUT2D eigenvalue weighted by Gasteiger charge is -2.46. The molecule has 0 amide bonds. The first-order valence-corrected chi connectivity index (χ1v) is 6.55. The second-order valence-electron chi connectivity index (χ2n) is 6.00. The predicted octanol–water partition coefficient (Wildman–Crippen LogP) is 1.09. The molecular formula is C13H24O4. The van der Waals surface area contributed by atoms with Gasteiger partial charge in [0.1, 0.15) is 0 Å². The van der Waals surface area contributed by atoms with Gasteiger partial charge in [-0.15, -0.1) is 0 Å². The summed E-state index contributed by atoms with van der Waals surface area (Å²) in [5.74, 6) is 0.127. The third-order valence-electron chi connectivity index (χ3n) is 4.11. The molecule has 2 unspecified atom stereocenters. The summed E-state index contributed by atoms with van der Waals surface area (Å²) in [6.45, 7) is 5.50. The number of aliphatic hydroxyl groups is 2. The van der Waals surface area contributed by atoms with E-state index in [9.17, 15) is 10.2 Å². The van der Waals surface area contributed by atoms with E-state index >= 15 is 0 Å². The zero-order valence-corrected chi connectivity index (χ0v) is 10.8. The smallest absolute Gasteiger partial charge is 0.0852 e. The molecule has 2 aliphatic rings. The minimum Gasteiger partial charge on any atom is -0.390 e. The van der Waals surface area contributed by atoms with Crippen molar-refractivity contribution < 1.29 is 19.7 Å². The van der Waals surface area contributed by atoms with Crippen LogP contribution in [0.4, 0.5) is 0 Å². The van der Waals surface area contributed by atoms with Gasteiger partial charge in [-0.05, 0) is 45.4 Å². The Hall–Kier alpha value is -0.160. The molecule has 0 aromatic rings. The first-order chi connectivity index (χ1) is 7.93. The molecule has 4 nitrogen and oxygen atoms in total. The fourth-order valence-corrected chi connectivity index (χ4v) is 3.00. The highest BCUT2D eigenvalue weighted by atomic mass is 16.5. The van der Waals surface area contributed by atoms with Gasteiger partial charge >= 0.3 is 0 Å². The fraction of sp³-hybridized carbons (Fsp3) is 1.00. The van der Waals surface area contributed by atoms with Crippen LogP contribution in [0.5, 0.6) is 0 Å². The summed E-state index contributed by atoms with van der Waals surface area (Å²) in [6.07, 6.45) is 2.80. The van der Waals surface area contributed by atoms with Crippen molar-refractivity contribution in [3.63, 3.8) is 0 Å². The molecule has 0 bridgehead atoms. The monoisotopic (exact) mass is 244 g/mol. The molecule has 2 rings (SSSR count). The largest absolute Gasteiger partial charge is 0.390 e. The van der Waals surface area contributed by atoms with Gasteiger partial charge in [0.15, 0.2) is 0 Å². The summed E-state index contributed by atoms with van der Waals surface area (Å²) in [7, 11) is 0. The van der Waals surface area contributed by atoms with Gasteiger partial charge in [-0.3, -0.25) is 0 Å². The lowest BCUT2D eigenvalue weighted by molar-refractivity contribution is -0.175. The van der Waals surface area contributed by atoms with Crippen molar-refractivity contribution in [1.29, 1.82) is 0 Å². The number of hydrogen-bond donors (Lipinski definition) is 2. The molecule has 0 aromatic heterocycles. The van der Waals surface area contributed by atoms with Crippen LogP contribution in [-0.4, -0.2) is 47.3 Å². The van der Waals surface area contributed by atoms with Crippen molar-refractivity contribution in [1.82, 2.24) is 0 Å². The van der Waals surface area contributed by atoms with Gasteiger partial charge in [0, 0.05) is 19.8 Å². The summed E-state index contributed by atoms with van der Waals surface area (Å²) in [5.41, 5.74) is -1.15. The van der Waals surface area contributed by atoms with E-state index in [-0.39, 0.29) is 11.5 Å². The Morgan fingerprint density at radius 1 is 1.24 bits per heavy atom. The molecule has 0 aliphatic carbocycles. The predicted molar refractivity (Wildman–Crippen MR) is 63.8 cm³/mol. The van der Waals surface area contributed by atoms with E-state index in [1.807, 2.05) is 0 Å². The number of rotatable bonds is 2. The number of hydrogen-bond acceptors (Lipinski definition) is 4. The zero-order chi connectivity index (χ0) is 12.5. The van der Waals surface area contributed by atoms with Crippen LogP contribution in [-0.2, 0) is 9.47 Å². The maximum Gasteiger partial charge on any atom is 0.0852 e. The molecule has 100 valence electrons. The van der Waals surface area contributed by atoms with Crippen molar-refractivity contribution in [2.45, 2.75) is 56.8 Å². The summed E-state index contributed by atoms with van der Waals surface area (Å²) >= 11 is 0. The van der Waals surface area contributed by atoms with Crippen molar-refractivity contribution in [3.05, 3.63) is 0 Å². The van der Waals surface area contributed by atoms with E-state index in [2.05, 4.69) is 0 Å². The molecule has 2 aliphatic heterocycles. The Balaban J connectivity index is 2.01. The SMILES string of the molecule is CC(C)(O)C(O)C1CCOC2(CCOCC2)C1. The molecule has 2 heterocycles. The second-order valence-corrected chi connectivity index (χ2v) is 6.00. The minimum atomic E-state index is -1.03. The molecule has 0 radical (unpaired) electrons. The van der Waals surface area contributed by atoms with E-state index in [0.717, 1.165) is 38.9 Å². The standard InChI is InChI=1S/C13H24O4/c1-12(2,15)11(14)10-3-6-17-13(9-10)4-7-16-8-5-13/h10-11,14-15H,3-9H2,1-2H3. The van der Waals surface area contributed by atoms with Crippen molar-refractivity contribution in [3.8, 4) is 0 Å². The first-order valence-electron chi connectivity index (χ1n) is 6.55. The van der Waals surface area contributed by atoms with Crippen molar-refractivity contribution >= 4 is 0 Å². The third kappa shape index (κ3) is 2.99. The maximum absolute atomic E-state index is 10.2. The number of ether oxygens (including phenoxy) is 2. The average Bonchev–Trinajstić information content (AvgIpc) is 2.28. The zero-order valence-electron chi connectivity index (χ0n) is 10.8. The maximum atomic E-state index is 10.2. The molecule has 0 saturated carbocycles. The van der Waals surface area contributed by atoms with Crippen LogP contribution < -0.4 is 0 Å². The molecular weight excluding hydrogens is 220 g/mol. The summed E-state index contributed by atoms with van der Waals surface area (Å²) in [6, 6.07) is 0. The van der Waals surface area contributed by atoms with E-state index in [4.69, 9.17) is 9.47 Å². The van der Waals surface area contributed by atoms with Crippen LogP contribution in [0.25, 0.3) is 0 Å². The normalized spacial score (nSPS) is 31.4. The van der Waals surface area contributed by atoms with Gasteiger partial charge in [0.05, 0.1) is 17.3 Å². The topological polar surface area (TPSA) is 58.9 Å². The Morgan fingerprint density at radius 3 is 2.47 bits per heavy atom. The lowest BCUT2D eigenvalue weighted by atomic mass is 9.75. The molecule has 2 N–H and O–H groups in total. The van der Waals surface area contributed by atoms with Crippen molar-refractivity contribution in [2.24, 2.45) is 5.92 Å². The molecule has 17 heavy (non-hydrogen) atoms. The quantitative estimate of drug-likeness (QED) is 0.763. The molecule has 4 heteroatoms. The van der Waals surface area contributed by atoms with Gasteiger partial charge in [0.25, 0.3) is 0 Å². The Labute approximate surface area is 103 Å². The van der Waals surface area contributed by atoms with Crippen LogP contribution in [0.1, 0.15) is 39.5 Å². The van der Waals surface area contributed by atoms with Crippen LogP contribution in [0.2, 0.25) is 0 Å². The summed E-state index contributed by atoms with van der Waals surface area (Å²) in [5, 5.41) is 20.1. The first kappa shape index (κ1) is 13.3. The molecule has 2 fully saturated rings. The minimum absolute atomic E-state index is 0.118. The van der Waals surface area contributed by atoms with Gasteiger partial charge in [-0.25, -0.2) is 0 Å². The van der Waals surface area contributed by atoms with Crippen LogP contribution in [0, 0.1) is 5.92 Å². The van der Waals surface area contributed by atoms with Crippen LogP contribution >= 0.6 is 0 Å². The van der Waals surface area contributed by atoms with Gasteiger partial charge in [0.2, 0.25) is 0 Å². The lowest BCUT2D eigenvalue weighted by Crippen LogP contribution is -2.50. The van der Waals surface area contributed by atoms with Crippen molar-refractivity contribution in [2.75, 3.05) is 19.8 Å². The Bertz CT molecular complexity index is 247. The molecule has 2 saturated heterocycles. The Kier molecular flexibility index (Phi) is 3.78. The summed E-state index contributed by atoms with van der Waals surface area (Å²) in [4.78, 5) is 0. The van der Waals surface area contributed by atoms with Gasteiger partial charge < -0.3 is 19.7 Å². The van der Waals surface area contributed by atoms with Gasteiger partial charge in [-0.1, -0.05) is 0 Å². The van der Waals surface area contributed by atoms with E-state index in [0.29, 0.717) is 6.61 Å². The highest BCUT2D eigenvalue weighted by Crippen LogP contribution is 2.39. The molecule has 2 atom stereocenters. The second kappa shape index (κ2) is 4.84. The average molecular weight is 244 g/mol. The van der Waals surface area contributed by atoms with E-state index in [1.165, 1.54) is 0 Å². The van der Waals surface area contributed by atoms with E-state index in [1.54, 1.807) is 13.8 Å². The Morgan fingerprint density at radius 2 is 1.88 bits per heavy atom. The highest BCUT2D eigenvalue weighted by molar-refractivity contribution is 4.94. The fourth-order valence-electron chi connectivity index (χ4n) is 3.00. The highest BCUT2D eigenvalue weighted by Gasteiger charge is 2.43. The summed E-state index contributed by atoms with van der Waals surface area (Å²) < 4.78 is 11.3. The molecule has 0 aromatic carbocycles. The van der Waals surface area contributed by atoms with Gasteiger partial charge in [-0.2, -0.15) is 0 Å². The van der Waals surface area contributed by atoms with Crippen LogP contribution in [0.3, 0.4) is 0 Å². The van der Waals surface area contributed by atoms with Crippen LogP contribution in [0.15, 0.2) is 0 Å². The van der Waals surface area contributed by atoms with E-state index < -0.39 is 11.7 Å². The number of aliphatic hydroxyl groups excluding tert-OH is 1. The third-order valence-corrected chi connectivity index (χ3v) is 4.11.